The lowest BCUT2D eigenvalue weighted by atomic mass is 10.2. The van der Waals surface area contributed by atoms with E-state index in [2.05, 4.69) is 15.9 Å². The van der Waals surface area contributed by atoms with E-state index in [1.54, 1.807) is 0 Å². The lowest BCUT2D eigenvalue weighted by Gasteiger charge is -2.10. The van der Waals surface area contributed by atoms with Crippen LogP contribution in [0, 0.1) is 0 Å². The van der Waals surface area contributed by atoms with Crippen molar-refractivity contribution in [3.05, 3.63) is 64.1 Å². The smallest absolute Gasteiger partial charge is 0.134 e. The molecule has 0 atom stereocenters. The van der Waals surface area contributed by atoms with E-state index in [1.807, 2.05) is 48.5 Å². The monoisotopic (exact) mass is 291 g/mol. The van der Waals surface area contributed by atoms with Crippen LogP contribution in [0.25, 0.3) is 0 Å². The Kier molecular flexibility index (Phi) is 4.18. The Hall–Kier alpha value is -1.32. The molecule has 2 aromatic carbocycles. The van der Waals surface area contributed by atoms with Gasteiger partial charge in [0.25, 0.3) is 0 Å². The Morgan fingerprint density at radius 1 is 1.00 bits per heavy atom. The molecule has 2 aromatic rings. The minimum atomic E-state index is 0.503. The standard InChI is InChI=1S/C14H14BrNO/c15-14-12(9-16)7-4-8-13(14)17-10-11-5-2-1-3-6-11/h1-8H,9-10,16H2. The van der Waals surface area contributed by atoms with Gasteiger partial charge in [0, 0.05) is 6.54 Å². The highest BCUT2D eigenvalue weighted by Gasteiger charge is 2.05. The van der Waals surface area contributed by atoms with Gasteiger partial charge in [0.2, 0.25) is 0 Å². The lowest BCUT2D eigenvalue weighted by Crippen LogP contribution is -2.00. The van der Waals surface area contributed by atoms with Gasteiger partial charge < -0.3 is 10.5 Å². The summed E-state index contributed by atoms with van der Waals surface area (Å²) in [7, 11) is 0. The first kappa shape index (κ1) is 12.1. The van der Waals surface area contributed by atoms with E-state index < -0.39 is 0 Å². The van der Waals surface area contributed by atoms with Crippen LogP contribution in [0.2, 0.25) is 0 Å². The minimum Gasteiger partial charge on any atom is -0.488 e. The van der Waals surface area contributed by atoms with Gasteiger partial charge in [-0.05, 0) is 33.1 Å². The van der Waals surface area contributed by atoms with E-state index in [0.29, 0.717) is 13.2 Å². The summed E-state index contributed by atoms with van der Waals surface area (Å²) in [4.78, 5) is 0. The van der Waals surface area contributed by atoms with Crippen molar-refractivity contribution < 1.29 is 4.74 Å². The fraction of sp³-hybridized carbons (Fsp3) is 0.143. The third-order valence-corrected chi connectivity index (χ3v) is 3.40. The van der Waals surface area contributed by atoms with Gasteiger partial charge in [-0.1, -0.05) is 42.5 Å². The highest BCUT2D eigenvalue weighted by molar-refractivity contribution is 9.10. The first-order valence-corrected chi connectivity index (χ1v) is 6.24. The Labute approximate surface area is 110 Å². The molecular formula is C14H14BrNO. The zero-order valence-corrected chi connectivity index (χ0v) is 11.0. The fourth-order valence-corrected chi connectivity index (χ4v) is 2.10. The van der Waals surface area contributed by atoms with Gasteiger partial charge in [-0.3, -0.25) is 0 Å². The molecule has 0 heterocycles. The molecule has 17 heavy (non-hydrogen) atoms. The van der Waals surface area contributed by atoms with E-state index in [0.717, 1.165) is 21.3 Å². The van der Waals surface area contributed by atoms with E-state index in [-0.39, 0.29) is 0 Å². The zero-order chi connectivity index (χ0) is 12.1. The molecule has 0 aliphatic carbocycles. The largest absolute Gasteiger partial charge is 0.488 e. The summed E-state index contributed by atoms with van der Waals surface area (Å²) >= 11 is 3.51. The molecule has 0 aliphatic rings. The molecule has 0 saturated heterocycles. The van der Waals surface area contributed by atoms with Crippen LogP contribution in [0.1, 0.15) is 11.1 Å². The number of nitrogens with two attached hydrogens (primary N) is 1. The molecule has 0 aliphatic heterocycles. The number of halogens is 1. The second kappa shape index (κ2) is 5.84. The topological polar surface area (TPSA) is 35.2 Å². The van der Waals surface area contributed by atoms with E-state index in [1.165, 1.54) is 0 Å². The van der Waals surface area contributed by atoms with Crippen molar-refractivity contribution in [1.29, 1.82) is 0 Å². The lowest BCUT2D eigenvalue weighted by molar-refractivity contribution is 0.304. The first-order valence-electron chi connectivity index (χ1n) is 5.45. The van der Waals surface area contributed by atoms with E-state index in [9.17, 15) is 0 Å². The molecule has 3 heteroatoms. The maximum absolute atomic E-state index is 5.76. The van der Waals surface area contributed by atoms with Crippen molar-refractivity contribution in [3.63, 3.8) is 0 Å². The molecule has 0 spiro atoms. The quantitative estimate of drug-likeness (QED) is 0.936. The molecular weight excluding hydrogens is 278 g/mol. The highest BCUT2D eigenvalue weighted by Crippen LogP contribution is 2.28. The maximum atomic E-state index is 5.76. The van der Waals surface area contributed by atoms with Crippen molar-refractivity contribution in [2.45, 2.75) is 13.2 Å². The van der Waals surface area contributed by atoms with Gasteiger partial charge in [0.05, 0.1) is 4.47 Å². The van der Waals surface area contributed by atoms with Crippen molar-refractivity contribution in [2.24, 2.45) is 5.73 Å². The van der Waals surface area contributed by atoms with Crippen LogP contribution in [-0.4, -0.2) is 0 Å². The Bertz CT molecular complexity index is 485. The van der Waals surface area contributed by atoms with Crippen LogP contribution in [-0.2, 0) is 13.2 Å². The van der Waals surface area contributed by atoms with Gasteiger partial charge >= 0.3 is 0 Å². The minimum absolute atomic E-state index is 0.503. The third kappa shape index (κ3) is 3.08. The Morgan fingerprint density at radius 3 is 2.47 bits per heavy atom. The number of rotatable bonds is 4. The fourth-order valence-electron chi connectivity index (χ4n) is 1.56. The van der Waals surface area contributed by atoms with Crippen LogP contribution < -0.4 is 10.5 Å². The van der Waals surface area contributed by atoms with Gasteiger partial charge in [-0.2, -0.15) is 0 Å². The molecule has 0 amide bonds. The van der Waals surface area contributed by atoms with Crippen molar-refractivity contribution >= 4 is 15.9 Å². The summed E-state index contributed by atoms with van der Waals surface area (Å²) in [5.74, 6) is 0.830. The predicted molar refractivity (Wildman–Crippen MR) is 72.8 cm³/mol. The average Bonchev–Trinajstić information content (AvgIpc) is 2.39. The summed E-state index contributed by atoms with van der Waals surface area (Å²) in [6, 6.07) is 16.0. The van der Waals surface area contributed by atoms with Crippen LogP contribution in [0.15, 0.2) is 53.0 Å². The zero-order valence-electron chi connectivity index (χ0n) is 9.40. The van der Waals surface area contributed by atoms with Gasteiger partial charge in [0.15, 0.2) is 0 Å². The summed E-state index contributed by atoms with van der Waals surface area (Å²) in [5, 5.41) is 0. The molecule has 0 saturated carbocycles. The van der Waals surface area contributed by atoms with Crippen LogP contribution >= 0.6 is 15.9 Å². The average molecular weight is 292 g/mol. The SMILES string of the molecule is NCc1cccc(OCc2ccccc2)c1Br. The number of hydrogen-bond acceptors (Lipinski definition) is 2. The third-order valence-electron chi connectivity index (χ3n) is 2.50. The van der Waals surface area contributed by atoms with Gasteiger partial charge in [-0.25, -0.2) is 0 Å². The molecule has 2 nitrogen and oxygen atoms in total. The molecule has 0 unspecified atom stereocenters. The highest BCUT2D eigenvalue weighted by atomic mass is 79.9. The molecule has 0 radical (unpaired) electrons. The van der Waals surface area contributed by atoms with Crippen molar-refractivity contribution in [2.75, 3.05) is 0 Å². The van der Waals surface area contributed by atoms with E-state index in [4.69, 9.17) is 10.5 Å². The summed E-state index contributed by atoms with van der Waals surface area (Å²) < 4.78 is 6.71. The van der Waals surface area contributed by atoms with Crippen LogP contribution in [0.3, 0.4) is 0 Å². The van der Waals surface area contributed by atoms with Crippen LogP contribution in [0.4, 0.5) is 0 Å². The number of ether oxygens (including phenoxy) is 1. The van der Waals surface area contributed by atoms with Gasteiger partial charge in [-0.15, -0.1) is 0 Å². The molecule has 2 N–H and O–H groups in total. The second-order valence-electron chi connectivity index (χ2n) is 3.71. The van der Waals surface area contributed by atoms with Gasteiger partial charge in [0.1, 0.15) is 12.4 Å². The molecule has 0 fully saturated rings. The number of benzene rings is 2. The second-order valence-corrected chi connectivity index (χ2v) is 4.50. The first-order chi connectivity index (χ1) is 8.31. The summed E-state index contributed by atoms with van der Waals surface area (Å²) in [6.45, 7) is 1.07. The summed E-state index contributed by atoms with van der Waals surface area (Å²) in [5.41, 5.74) is 7.84. The Morgan fingerprint density at radius 2 is 1.76 bits per heavy atom. The molecule has 88 valence electrons. The summed E-state index contributed by atoms with van der Waals surface area (Å²) in [6.07, 6.45) is 0. The van der Waals surface area contributed by atoms with Crippen molar-refractivity contribution in [3.8, 4) is 5.75 Å². The predicted octanol–water partition coefficient (Wildman–Crippen LogP) is 3.49. The normalized spacial score (nSPS) is 10.2. The van der Waals surface area contributed by atoms with Crippen molar-refractivity contribution in [1.82, 2.24) is 0 Å². The molecule has 0 bridgehead atoms. The maximum Gasteiger partial charge on any atom is 0.134 e. The Balaban J connectivity index is 2.09. The molecule has 0 aromatic heterocycles. The van der Waals surface area contributed by atoms with Crippen LogP contribution in [0.5, 0.6) is 5.75 Å². The molecule has 2 rings (SSSR count). The van der Waals surface area contributed by atoms with E-state index >= 15 is 0 Å². The number of hydrogen-bond donors (Lipinski definition) is 1.